The lowest BCUT2D eigenvalue weighted by Gasteiger charge is -2.03. The van der Waals surface area contributed by atoms with Crippen LogP contribution < -0.4 is 4.74 Å². The number of nitro groups is 1. The van der Waals surface area contributed by atoms with Crippen molar-refractivity contribution >= 4 is 35.4 Å². The fraction of sp³-hybridized carbons (Fsp3) is 0.111. The van der Waals surface area contributed by atoms with Crippen LogP contribution in [0.3, 0.4) is 0 Å². The molecular weight excluding hydrogens is 356 g/mol. The molecule has 0 aliphatic carbocycles. The van der Waals surface area contributed by atoms with E-state index in [1.165, 1.54) is 19.2 Å². The molecule has 0 atom stereocenters. The third kappa shape index (κ3) is 3.60. The fourth-order valence-electron chi connectivity index (χ4n) is 2.36. The van der Waals surface area contributed by atoms with E-state index in [-0.39, 0.29) is 23.0 Å². The molecular formula is C18H14N2O5S. The van der Waals surface area contributed by atoms with Gasteiger partial charge in [-0.15, -0.1) is 11.8 Å². The largest absolute Gasteiger partial charge is 0.490 e. The molecule has 2 aromatic rings. The quantitative estimate of drug-likeness (QED) is 0.262. The van der Waals surface area contributed by atoms with Crippen molar-refractivity contribution in [3.8, 4) is 5.75 Å². The summed E-state index contributed by atoms with van der Waals surface area (Å²) in [5.74, 6) is -0.464. The molecule has 0 saturated heterocycles. The zero-order chi connectivity index (χ0) is 18.7. The molecule has 132 valence electrons. The number of cyclic esters (lactones) is 1. The number of esters is 1. The number of carbonyl (C=O) groups is 1. The lowest BCUT2D eigenvalue weighted by molar-refractivity contribution is -0.385. The lowest BCUT2D eigenvalue weighted by atomic mass is 10.2. The Hall–Kier alpha value is -3.13. The van der Waals surface area contributed by atoms with Crippen LogP contribution >= 0.6 is 11.8 Å². The Bertz CT molecular complexity index is 935. The van der Waals surface area contributed by atoms with E-state index in [1.54, 1.807) is 23.9 Å². The molecule has 3 rings (SSSR count). The van der Waals surface area contributed by atoms with Gasteiger partial charge in [0.1, 0.15) is 0 Å². The van der Waals surface area contributed by atoms with Crippen molar-refractivity contribution in [1.82, 2.24) is 0 Å². The van der Waals surface area contributed by atoms with Crippen LogP contribution in [0.25, 0.3) is 6.08 Å². The highest BCUT2D eigenvalue weighted by atomic mass is 32.2. The molecule has 26 heavy (non-hydrogen) atoms. The first-order chi connectivity index (χ1) is 12.5. The molecule has 8 heteroatoms. The molecule has 0 aromatic heterocycles. The smallest absolute Gasteiger partial charge is 0.363 e. The average Bonchev–Trinajstić information content (AvgIpc) is 3.02. The minimum Gasteiger partial charge on any atom is -0.490 e. The molecule has 1 heterocycles. The highest BCUT2D eigenvalue weighted by Gasteiger charge is 2.26. The SMILES string of the molecule is COc1ccc(C2=NC(=Cc3ccc(SC)cc3)C(=O)O2)cc1[N+](=O)[O-]. The third-order valence-corrected chi connectivity index (χ3v) is 4.41. The summed E-state index contributed by atoms with van der Waals surface area (Å²) in [6.07, 6.45) is 3.59. The van der Waals surface area contributed by atoms with E-state index < -0.39 is 10.9 Å². The minimum atomic E-state index is -0.604. The predicted molar refractivity (Wildman–Crippen MR) is 98.5 cm³/mol. The maximum Gasteiger partial charge on any atom is 0.363 e. The Morgan fingerprint density at radius 1 is 1.23 bits per heavy atom. The van der Waals surface area contributed by atoms with Crippen molar-refractivity contribution < 1.29 is 19.2 Å². The van der Waals surface area contributed by atoms with E-state index in [4.69, 9.17) is 9.47 Å². The van der Waals surface area contributed by atoms with E-state index >= 15 is 0 Å². The Morgan fingerprint density at radius 2 is 1.96 bits per heavy atom. The molecule has 0 radical (unpaired) electrons. The standard InChI is InChI=1S/C18H14N2O5S/c1-24-16-8-5-12(10-15(16)20(22)23)17-19-14(18(21)25-17)9-11-3-6-13(26-2)7-4-11/h3-10H,1-2H3. The van der Waals surface area contributed by atoms with Gasteiger partial charge >= 0.3 is 11.7 Å². The Morgan fingerprint density at radius 3 is 2.58 bits per heavy atom. The first kappa shape index (κ1) is 17.7. The van der Waals surface area contributed by atoms with Crippen LogP contribution in [0, 0.1) is 10.1 Å². The summed E-state index contributed by atoms with van der Waals surface area (Å²) >= 11 is 1.62. The molecule has 1 aliphatic rings. The summed E-state index contributed by atoms with van der Waals surface area (Å²) in [7, 11) is 1.35. The van der Waals surface area contributed by atoms with Crippen LogP contribution in [0.1, 0.15) is 11.1 Å². The van der Waals surface area contributed by atoms with E-state index in [1.807, 2.05) is 30.5 Å². The maximum atomic E-state index is 12.1. The number of hydrogen-bond donors (Lipinski definition) is 0. The maximum absolute atomic E-state index is 12.1. The summed E-state index contributed by atoms with van der Waals surface area (Å²) in [6.45, 7) is 0. The monoisotopic (exact) mass is 370 g/mol. The van der Waals surface area contributed by atoms with Gasteiger partial charge in [0, 0.05) is 16.5 Å². The number of hydrogen-bond acceptors (Lipinski definition) is 7. The fourth-order valence-corrected chi connectivity index (χ4v) is 2.76. The zero-order valence-corrected chi connectivity index (χ0v) is 14.8. The number of nitro benzene ring substituents is 1. The van der Waals surface area contributed by atoms with Gasteiger partial charge in [0.25, 0.3) is 0 Å². The van der Waals surface area contributed by atoms with E-state index in [9.17, 15) is 14.9 Å². The van der Waals surface area contributed by atoms with Crippen LogP contribution in [0.15, 0.2) is 58.0 Å². The first-order valence-electron chi connectivity index (χ1n) is 7.51. The molecule has 0 bridgehead atoms. The highest BCUT2D eigenvalue weighted by molar-refractivity contribution is 7.98. The number of ether oxygens (including phenoxy) is 2. The summed E-state index contributed by atoms with van der Waals surface area (Å²) in [5, 5.41) is 11.1. The number of methoxy groups -OCH3 is 1. The normalized spacial score (nSPS) is 14.9. The van der Waals surface area contributed by atoms with E-state index in [0.29, 0.717) is 5.56 Å². The highest BCUT2D eigenvalue weighted by Crippen LogP contribution is 2.29. The Labute approximate surface area is 153 Å². The van der Waals surface area contributed by atoms with Crippen molar-refractivity contribution in [3.05, 3.63) is 69.4 Å². The Balaban J connectivity index is 1.93. The summed E-state index contributed by atoms with van der Waals surface area (Å²) in [5.41, 5.74) is 1.04. The number of benzene rings is 2. The first-order valence-corrected chi connectivity index (χ1v) is 8.73. The second kappa shape index (κ2) is 7.40. The number of thioether (sulfide) groups is 1. The van der Waals surface area contributed by atoms with Crippen molar-refractivity contribution in [3.63, 3.8) is 0 Å². The summed E-state index contributed by atoms with van der Waals surface area (Å²) in [6, 6.07) is 11.9. The second-order valence-corrected chi connectivity index (χ2v) is 6.13. The average molecular weight is 370 g/mol. The van der Waals surface area contributed by atoms with Crippen molar-refractivity contribution in [2.24, 2.45) is 4.99 Å². The molecule has 1 aliphatic heterocycles. The minimum absolute atomic E-state index is 0.0211. The third-order valence-electron chi connectivity index (χ3n) is 3.66. The van der Waals surface area contributed by atoms with Crippen molar-refractivity contribution in [2.75, 3.05) is 13.4 Å². The molecule has 0 spiro atoms. The van der Waals surface area contributed by atoms with E-state index in [0.717, 1.165) is 10.5 Å². The molecule has 0 saturated carbocycles. The zero-order valence-electron chi connectivity index (χ0n) is 14.0. The van der Waals surface area contributed by atoms with Crippen LogP contribution in [0.2, 0.25) is 0 Å². The van der Waals surface area contributed by atoms with E-state index in [2.05, 4.69) is 4.99 Å². The van der Waals surface area contributed by atoms with Crippen LogP contribution in [-0.2, 0) is 9.53 Å². The van der Waals surface area contributed by atoms with Gasteiger partial charge in [-0.2, -0.15) is 0 Å². The summed E-state index contributed by atoms with van der Waals surface area (Å²) in [4.78, 5) is 27.9. The number of rotatable bonds is 5. The van der Waals surface area contributed by atoms with Gasteiger partial charge < -0.3 is 9.47 Å². The number of nitrogens with zero attached hydrogens (tertiary/aromatic N) is 2. The topological polar surface area (TPSA) is 91.0 Å². The predicted octanol–water partition coefficient (Wildman–Crippen LogP) is 3.67. The lowest BCUT2D eigenvalue weighted by Crippen LogP contribution is -2.06. The van der Waals surface area contributed by atoms with Gasteiger partial charge in [-0.25, -0.2) is 9.79 Å². The molecule has 0 fully saturated rings. The van der Waals surface area contributed by atoms with Gasteiger partial charge in [-0.1, -0.05) is 12.1 Å². The van der Waals surface area contributed by atoms with Gasteiger partial charge in [0.15, 0.2) is 11.4 Å². The van der Waals surface area contributed by atoms with Gasteiger partial charge in [0.05, 0.1) is 12.0 Å². The van der Waals surface area contributed by atoms with Gasteiger partial charge in [-0.05, 0) is 42.2 Å². The second-order valence-electron chi connectivity index (χ2n) is 5.25. The molecule has 0 N–H and O–H groups in total. The Kier molecular flexibility index (Phi) is 5.04. The van der Waals surface area contributed by atoms with Crippen LogP contribution in [-0.4, -0.2) is 30.2 Å². The molecule has 7 nitrogen and oxygen atoms in total. The van der Waals surface area contributed by atoms with Crippen molar-refractivity contribution in [2.45, 2.75) is 4.90 Å². The molecule has 0 amide bonds. The number of aliphatic imine (C=N–C) groups is 1. The van der Waals surface area contributed by atoms with Crippen LogP contribution in [0.4, 0.5) is 5.69 Å². The van der Waals surface area contributed by atoms with Gasteiger partial charge in [-0.3, -0.25) is 10.1 Å². The molecule has 0 unspecified atom stereocenters. The molecule has 2 aromatic carbocycles. The summed E-state index contributed by atoms with van der Waals surface area (Å²) < 4.78 is 10.1. The van der Waals surface area contributed by atoms with Crippen LogP contribution in [0.5, 0.6) is 5.75 Å². The number of carbonyl (C=O) groups excluding carboxylic acids is 1. The van der Waals surface area contributed by atoms with Crippen molar-refractivity contribution in [1.29, 1.82) is 0 Å². The van der Waals surface area contributed by atoms with Gasteiger partial charge in [0.2, 0.25) is 5.90 Å².